The molecular weight excluding hydrogens is 296 g/mol. The van der Waals surface area contributed by atoms with E-state index in [4.69, 9.17) is 0 Å². The summed E-state index contributed by atoms with van der Waals surface area (Å²) in [7, 11) is 0. The normalized spacial score (nSPS) is 23.3. The molecule has 0 amide bonds. The molecule has 1 fully saturated rings. The fraction of sp³-hybridized carbons (Fsp3) is 0.625. The number of hydrogen-bond acceptors (Lipinski definition) is 4. The highest BCUT2D eigenvalue weighted by atomic mass is 32.2. The Morgan fingerprint density at radius 1 is 1.45 bits per heavy atom. The van der Waals surface area contributed by atoms with Crippen molar-refractivity contribution in [3.8, 4) is 0 Å². The van der Waals surface area contributed by atoms with E-state index in [0.29, 0.717) is 6.54 Å². The van der Waals surface area contributed by atoms with Crippen molar-refractivity contribution in [2.45, 2.75) is 37.5 Å². The van der Waals surface area contributed by atoms with Gasteiger partial charge in [0.05, 0.1) is 12.6 Å². The third-order valence-electron chi connectivity index (χ3n) is 3.77. The van der Waals surface area contributed by atoms with Gasteiger partial charge in [0.2, 0.25) is 0 Å². The van der Waals surface area contributed by atoms with Gasteiger partial charge in [-0.2, -0.15) is 11.8 Å². The summed E-state index contributed by atoms with van der Waals surface area (Å²) in [6, 6.07) is 3.65. The molecule has 0 aromatic carbocycles. The first-order chi connectivity index (χ1) is 10.6. The molecule has 0 aliphatic carbocycles. The van der Waals surface area contributed by atoms with E-state index in [0.717, 1.165) is 24.6 Å². The summed E-state index contributed by atoms with van der Waals surface area (Å²) >= 11 is 2.01. The van der Waals surface area contributed by atoms with E-state index < -0.39 is 6.10 Å². The number of nitrogens with zero attached hydrogens (tertiary/aromatic N) is 2. The second-order valence-corrected chi connectivity index (χ2v) is 7.46. The van der Waals surface area contributed by atoms with Crippen molar-refractivity contribution in [3.05, 3.63) is 30.1 Å². The van der Waals surface area contributed by atoms with Crippen LogP contribution in [0.15, 0.2) is 29.5 Å². The van der Waals surface area contributed by atoms with Gasteiger partial charge in [0.15, 0.2) is 5.96 Å². The molecule has 1 aromatic rings. The molecule has 1 aliphatic rings. The number of aromatic nitrogens is 1. The summed E-state index contributed by atoms with van der Waals surface area (Å²) in [5.41, 5.74) is 0.858. The quantitative estimate of drug-likeness (QED) is 0.552. The zero-order chi connectivity index (χ0) is 15.8. The Kier molecular flexibility index (Phi) is 6.51. The first-order valence-electron chi connectivity index (χ1n) is 7.87. The second kappa shape index (κ2) is 8.39. The average Bonchev–Trinajstić information content (AvgIpc) is 2.98. The van der Waals surface area contributed by atoms with Crippen molar-refractivity contribution >= 4 is 17.7 Å². The number of pyridine rings is 1. The lowest BCUT2D eigenvalue weighted by molar-refractivity contribution is 0.180. The predicted octanol–water partition coefficient (Wildman–Crippen LogP) is 1.96. The molecule has 1 aromatic heterocycles. The number of thioether (sulfide) groups is 1. The van der Waals surface area contributed by atoms with E-state index in [9.17, 15) is 5.11 Å². The molecule has 22 heavy (non-hydrogen) atoms. The number of aliphatic hydroxyl groups excluding tert-OH is 1. The summed E-state index contributed by atoms with van der Waals surface area (Å²) in [4.78, 5) is 8.65. The molecule has 2 unspecified atom stereocenters. The van der Waals surface area contributed by atoms with Crippen LogP contribution < -0.4 is 10.6 Å². The number of aliphatic hydroxyl groups is 1. The van der Waals surface area contributed by atoms with Crippen molar-refractivity contribution in [2.75, 3.05) is 25.4 Å². The summed E-state index contributed by atoms with van der Waals surface area (Å²) in [6.07, 6.45) is 5.32. The molecule has 2 heterocycles. The fourth-order valence-electron chi connectivity index (χ4n) is 2.45. The van der Waals surface area contributed by atoms with Gasteiger partial charge in [-0.15, -0.1) is 0 Å². The highest BCUT2D eigenvalue weighted by Gasteiger charge is 2.29. The third-order valence-corrected chi connectivity index (χ3v) is 5.29. The highest BCUT2D eigenvalue weighted by molar-refractivity contribution is 8.00. The summed E-state index contributed by atoms with van der Waals surface area (Å²) in [5, 5.41) is 16.6. The number of nitrogens with one attached hydrogen (secondary N) is 2. The summed E-state index contributed by atoms with van der Waals surface area (Å²) in [5.74, 6) is 2.00. The van der Waals surface area contributed by atoms with Gasteiger partial charge < -0.3 is 15.7 Å². The Hall–Kier alpha value is -1.27. The van der Waals surface area contributed by atoms with Crippen LogP contribution in [-0.2, 0) is 0 Å². The Morgan fingerprint density at radius 2 is 2.23 bits per heavy atom. The molecule has 1 saturated heterocycles. The third kappa shape index (κ3) is 5.18. The van der Waals surface area contributed by atoms with Crippen LogP contribution in [0.2, 0.25) is 0 Å². The first kappa shape index (κ1) is 17.1. The van der Waals surface area contributed by atoms with E-state index in [-0.39, 0.29) is 4.75 Å². The van der Waals surface area contributed by atoms with Crippen molar-refractivity contribution in [1.29, 1.82) is 0 Å². The molecule has 0 saturated carbocycles. The van der Waals surface area contributed by atoms with Crippen LogP contribution in [-0.4, -0.2) is 46.2 Å². The molecule has 1 aliphatic heterocycles. The molecule has 6 heteroatoms. The fourth-order valence-corrected chi connectivity index (χ4v) is 3.67. The molecule has 5 nitrogen and oxygen atoms in total. The zero-order valence-electron chi connectivity index (χ0n) is 13.4. The molecule has 122 valence electrons. The van der Waals surface area contributed by atoms with Gasteiger partial charge >= 0.3 is 0 Å². The lowest BCUT2D eigenvalue weighted by Gasteiger charge is -2.21. The smallest absolute Gasteiger partial charge is 0.191 e. The van der Waals surface area contributed by atoms with Gasteiger partial charge in [-0.3, -0.25) is 9.98 Å². The lowest BCUT2D eigenvalue weighted by atomic mass is 10.1. The molecule has 0 bridgehead atoms. The van der Waals surface area contributed by atoms with Crippen molar-refractivity contribution in [1.82, 2.24) is 15.6 Å². The maximum atomic E-state index is 10.2. The van der Waals surface area contributed by atoms with E-state index in [1.165, 1.54) is 18.6 Å². The van der Waals surface area contributed by atoms with Crippen molar-refractivity contribution < 1.29 is 5.11 Å². The van der Waals surface area contributed by atoms with Gasteiger partial charge in [-0.1, -0.05) is 0 Å². The van der Waals surface area contributed by atoms with Gasteiger partial charge in [0, 0.05) is 30.2 Å². The molecule has 2 rings (SSSR count). The number of hydrogen-bond donors (Lipinski definition) is 3. The Bertz CT molecular complexity index is 474. The number of rotatable bonds is 6. The van der Waals surface area contributed by atoms with Crippen LogP contribution in [0.25, 0.3) is 0 Å². The minimum atomic E-state index is -0.566. The maximum Gasteiger partial charge on any atom is 0.191 e. The van der Waals surface area contributed by atoms with Crippen LogP contribution in [0.4, 0.5) is 0 Å². The summed E-state index contributed by atoms with van der Waals surface area (Å²) < 4.78 is 0.256. The standard InChI is InChI=1S/C16H26N4OS/c1-3-18-15(20-12-16(2)7-4-10-22-16)19-11-14(21)13-5-8-17-9-6-13/h5-6,8-9,14,21H,3-4,7,10-12H2,1-2H3,(H2,18,19,20). The van der Waals surface area contributed by atoms with E-state index in [2.05, 4.69) is 27.5 Å². The SMILES string of the molecule is CCNC(=NCC1(C)CCCS1)NCC(O)c1ccncc1. The molecular formula is C16H26N4OS. The Morgan fingerprint density at radius 3 is 2.86 bits per heavy atom. The lowest BCUT2D eigenvalue weighted by Crippen LogP contribution is -2.40. The van der Waals surface area contributed by atoms with Crippen LogP contribution in [0, 0.1) is 0 Å². The minimum Gasteiger partial charge on any atom is -0.387 e. The number of aliphatic imine (C=N–C) groups is 1. The van der Waals surface area contributed by atoms with Gasteiger partial charge in [-0.05, 0) is 50.1 Å². The molecule has 0 radical (unpaired) electrons. The van der Waals surface area contributed by atoms with Crippen LogP contribution in [0.5, 0.6) is 0 Å². The van der Waals surface area contributed by atoms with Gasteiger partial charge in [0.25, 0.3) is 0 Å². The largest absolute Gasteiger partial charge is 0.387 e. The maximum absolute atomic E-state index is 10.2. The van der Waals surface area contributed by atoms with E-state index in [1.54, 1.807) is 12.4 Å². The van der Waals surface area contributed by atoms with Crippen LogP contribution in [0.1, 0.15) is 38.4 Å². The molecule has 2 atom stereocenters. The minimum absolute atomic E-state index is 0.256. The zero-order valence-corrected chi connectivity index (χ0v) is 14.2. The molecule has 0 spiro atoms. The number of guanidine groups is 1. The van der Waals surface area contributed by atoms with E-state index >= 15 is 0 Å². The molecule has 3 N–H and O–H groups in total. The van der Waals surface area contributed by atoms with Gasteiger partial charge in [0.1, 0.15) is 0 Å². The van der Waals surface area contributed by atoms with Crippen LogP contribution >= 0.6 is 11.8 Å². The van der Waals surface area contributed by atoms with Gasteiger partial charge in [-0.25, -0.2) is 0 Å². The van der Waals surface area contributed by atoms with Crippen LogP contribution in [0.3, 0.4) is 0 Å². The Balaban J connectivity index is 1.88. The second-order valence-electron chi connectivity index (χ2n) is 5.77. The topological polar surface area (TPSA) is 69.5 Å². The van der Waals surface area contributed by atoms with Crippen molar-refractivity contribution in [3.63, 3.8) is 0 Å². The predicted molar refractivity (Wildman–Crippen MR) is 93.3 cm³/mol. The van der Waals surface area contributed by atoms with Crippen molar-refractivity contribution in [2.24, 2.45) is 4.99 Å². The monoisotopic (exact) mass is 322 g/mol. The highest BCUT2D eigenvalue weighted by Crippen LogP contribution is 2.37. The van der Waals surface area contributed by atoms with E-state index in [1.807, 2.05) is 30.8 Å². The average molecular weight is 322 g/mol. The summed E-state index contributed by atoms with van der Waals surface area (Å²) in [6.45, 7) is 6.37. The first-order valence-corrected chi connectivity index (χ1v) is 8.86. The Labute approximate surface area is 137 Å².